The number of morpholine rings is 1. The molecule has 20 heavy (non-hydrogen) atoms. The van der Waals surface area contributed by atoms with Crippen molar-refractivity contribution in [1.82, 2.24) is 10.3 Å². The molecule has 0 radical (unpaired) electrons. The smallest absolute Gasteiger partial charge is 0.325 e. The summed E-state index contributed by atoms with van der Waals surface area (Å²) in [7, 11) is 1.28. The first-order chi connectivity index (χ1) is 9.72. The van der Waals surface area contributed by atoms with Gasteiger partial charge in [-0.1, -0.05) is 0 Å². The van der Waals surface area contributed by atoms with Crippen molar-refractivity contribution in [3.63, 3.8) is 0 Å². The molecule has 0 aliphatic carbocycles. The van der Waals surface area contributed by atoms with Crippen LogP contribution in [0.1, 0.15) is 10.4 Å². The summed E-state index contributed by atoms with van der Waals surface area (Å²) in [5.74, 6) is -0.224. The van der Waals surface area contributed by atoms with E-state index in [2.05, 4.69) is 15.0 Å². The van der Waals surface area contributed by atoms with Gasteiger partial charge in [0.2, 0.25) is 0 Å². The number of anilines is 1. The number of carbonyl (C=O) groups is 2. The van der Waals surface area contributed by atoms with Gasteiger partial charge in [-0.15, -0.1) is 0 Å². The number of aromatic nitrogens is 1. The third-order valence-electron chi connectivity index (χ3n) is 2.96. The van der Waals surface area contributed by atoms with Gasteiger partial charge in [0.15, 0.2) is 0 Å². The number of pyridine rings is 1. The fourth-order valence-electron chi connectivity index (χ4n) is 1.92. The maximum atomic E-state index is 12.1. The van der Waals surface area contributed by atoms with Crippen LogP contribution in [0.15, 0.2) is 18.3 Å². The standard InChI is InChI=1S/C13H17N3O4/c1-19-11(17)9-15-13(18)10-3-2-4-14-12(10)16-5-7-20-8-6-16/h2-4H,5-9H2,1H3,(H,15,18). The Labute approximate surface area is 116 Å². The van der Waals surface area contributed by atoms with E-state index >= 15 is 0 Å². The van der Waals surface area contributed by atoms with E-state index < -0.39 is 5.97 Å². The number of methoxy groups -OCH3 is 1. The Hall–Kier alpha value is -2.15. The van der Waals surface area contributed by atoms with Crippen molar-refractivity contribution in [1.29, 1.82) is 0 Å². The van der Waals surface area contributed by atoms with Crippen molar-refractivity contribution >= 4 is 17.7 Å². The highest BCUT2D eigenvalue weighted by atomic mass is 16.5. The van der Waals surface area contributed by atoms with Crippen LogP contribution in [0.2, 0.25) is 0 Å². The predicted octanol–water partition coefficient (Wildman–Crippen LogP) is -0.179. The first-order valence-corrected chi connectivity index (χ1v) is 6.35. The molecule has 0 unspecified atom stereocenters. The van der Waals surface area contributed by atoms with Gasteiger partial charge >= 0.3 is 5.97 Å². The number of nitrogens with one attached hydrogen (secondary N) is 1. The lowest BCUT2D eigenvalue weighted by Crippen LogP contribution is -2.39. The Morgan fingerprint density at radius 1 is 1.45 bits per heavy atom. The fourth-order valence-corrected chi connectivity index (χ4v) is 1.92. The minimum atomic E-state index is -0.491. The van der Waals surface area contributed by atoms with Crippen LogP contribution in [-0.4, -0.2) is 56.8 Å². The zero-order chi connectivity index (χ0) is 14.4. The molecule has 0 atom stereocenters. The monoisotopic (exact) mass is 279 g/mol. The third kappa shape index (κ3) is 3.45. The number of carbonyl (C=O) groups excluding carboxylic acids is 2. The summed E-state index contributed by atoms with van der Waals surface area (Å²) in [4.78, 5) is 29.4. The van der Waals surface area contributed by atoms with Crippen molar-refractivity contribution in [2.75, 3.05) is 44.9 Å². The molecular weight excluding hydrogens is 262 g/mol. The number of ether oxygens (including phenoxy) is 2. The Bertz CT molecular complexity index is 486. The quantitative estimate of drug-likeness (QED) is 0.770. The van der Waals surface area contributed by atoms with Gasteiger partial charge in [0, 0.05) is 19.3 Å². The van der Waals surface area contributed by atoms with E-state index in [-0.39, 0.29) is 12.5 Å². The Morgan fingerprint density at radius 3 is 2.90 bits per heavy atom. The molecule has 0 bridgehead atoms. The molecule has 1 aliphatic rings. The van der Waals surface area contributed by atoms with E-state index in [1.165, 1.54) is 7.11 Å². The topological polar surface area (TPSA) is 80.8 Å². The SMILES string of the molecule is COC(=O)CNC(=O)c1cccnc1N1CCOCC1. The second-order valence-electron chi connectivity index (χ2n) is 4.23. The minimum absolute atomic E-state index is 0.160. The Balaban J connectivity index is 2.10. The molecule has 108 valence electrons. The summed E-state index contributed by atoms with van der Waals surface area (Å²) in [6, 6.07) is 3.38. The molecule has 1 aromatic heterocycles. The molecule has 2 heterocycles. The zero-order valence-electron chi connectivity index (χ0n) is 11.3. The van der Waals surface area contributed by atoms with Crippen LogP contribution in [0.5, 0.6) is 0 Å². The molecule has 1 fully saturated rings. The van der Waals surface area contributed by atoms with Gasteiger partial charge in [0.05, 0.1) is 25.9 Å². The van der Waals surface area contributed by atoms with E-state index in [9.17, 15) is 9.59 Å². The lowest BCUT2D eigenvalue weighted by Gasteiger charge is -2.29. The third-order valence-corrected chi connectivity index (χ3v) is 2.96. The lowest BCUT2D eigenvalue weighted by molar-refractivity contribution is -0.139. The zero-order valence-corrected chi connectivity index (χ0v) is 11.3. The normalized spacial score (nSPS) is 14.8. The first kappa shape index (κ1) is 14.3. The first-order valence-electron chi connectivity index (χ1n) is 6.35. The maximum Gasteiger partial charge on any atom is 0.325 e. The molecule has 2 rings (SSSR count). The summed E-state index contributed by atoms with van der Waals surface area (Å²) in [5, 5.41) is 2.52. The van der Waals surface area contributed by atoms with E-state index in [4.69, 9.17) is 4.74 Å². The van der Waals surface area contributed by atoms with Crippen LogP contribution in [0, 0.1) is 0 Å². The number of amides is 1. The van der Waals surface area contributed by atoms with Gasteiger partial charge < -0.3 is 19.7 Å². The van der Waals surface area contributed by atoms with Gasteiger partial charge in [0.1, 0.15) is 12.4 Å². The average molecular weight is 279 g/mol. The van der Waals surface area contributed by atoms with Crippen LogP contribution >= 0.6 is 0 Å². The number of esters is 1. The van der Waals surface area contributed by atoms with Gasteiger partial charge in [-0.25, -0.2) is 4.98 Å². The van der Waals surface area contributed by atoms with Crippen LogP contribution < -0.4 is 10.2 Å². The van der Waals surface area contributed by atoms with Gasteiger partial charge in [0.25, 0.3) is 5.91 Å². The Morgan fingerprint density at radius 2 is 2.20 bits per heavy atom. The molecule has 1 amide bonds. The van der Waals surface area contributed by atoms with E-state index in [1.54, 1.807) is 18.3 Å². The molecule has 0 saturated carbocycles. The van der Waals surface area contributed by atoms with Crippen molar-refractivity contribution in [3.05, 3.63) is 23.9 Å². The van der Waals surface area contributed by atoms with Crippen LogP contribution in [0.25, 0.3) is 0 Å². The van der Waals surface area contributed by atoms with Crippen LogP contribution in [-0.2, 0) is 14.3 Å². The van der Waals surface area contributed by atoms with Crippen molar-refractivity contribution in [2.45, 2.75) is 0 Å². The molecule has 1 aromatic rings. The van der Waals surface area contributed by atoms with E-state index in [0.717, 1.165) is 0 Å². The average Bonchev–Trinajstić information content (AvgIpc) is 2.53. The number of hydrogen-bond donors (Lipinski definition) is 1. The second kappa shape index (κ2) is 6.85. The summed E-state index contributed by atoms with van der Waals surface area (Å²) < 4.78 is 9.77. The molecule has 7 heteroatoms. The predicted molar refractivity (Wildman–Crippen MR) is 71.6 cm³/mol. The Kier molecular flexibility index (Phi) is 4.89. The molecular formula is C13H17N3O4. The van der Waals surface area contributed by atoms with E-state index in [0.29, 0.717) is 37.7 Å². The summed E-state index contributed by atoms with van der Waals surface area (Å²) in [6.45, 7) is 2.44. The largest absolute Gasteiger partial charge is 0.468 e. The molecule has 0 spiro atoms. The molecule has 1 N–H and O–H groups in total. The fraction of sp³-hybridized carbons (Fsp3) is 0.462. The van der Waals surface area contributed by atoms with Gasteiger partial charge in [-0.2, -0.15) is 0 Å². The summed E-state index contributed by atoms with van der Waals surface area (Å²) >= 11 is 0. The van der Waals surface area contributed by atoms with Gasteiger partial charge in [-0.05, 0) is 12.1 Å². The highest BCUT2D eigenvalue weighted by molar-refractivity contribution is 6.00. The van der Waals surface area contributed by atoms with Crippen molar-refractivity contribution < 1.29 is 19.1 Å². The molecule has 7 nitrogen and oxygen atoms in total. The molecule has 0 aromatic carbocycles. The molecule has 1 saturated heterocycles. The second-order valence-corrected chi connectivity index (χ2v) is 4.23. The number of rotatable bonds is 4. The van der Waals surface area contributed by atoms with Gasteiger partial charge in [-0.3, -0.25) is 9.59 Å². The highest BCUT2D eigenvalue weighted by Crippen LogP contribution is 2.18. The minimum Gasteiger partial charge on any atom is -0.468 e. The number of nitrogens with zero attached hydrogens (tertiary/aromatic N) is 2. The van der Waals surface area contributed by atoms with E-state index in [1.807, 2.05) is 4.90 Å². The maximum absolute atomic E-state index is 12.1. The van der Waals surface area contributed by atoms with Crippen LogP contribution in [0.3, 0.4) is 0 Å². The molecule has 1 aliphatic heterocycles. The van der Waals surface area contributed by atoms with Crippen LogP contribution in [0.4, 0.5) is 5.82 Å². The highest BCUT2D eigenvalue weighted by Gasteiger charge is 2.20. The van der Waals surface area contributed by atoms with Crippen molar-refractivity contribution in [2.24, 2.45) is 0 Å². The summed E-state index contributed by atoms with van der Waals surface area (Å²) in [6.07, 6.45) is 1.64. The van der Waals surface area contributed by atoms with Crippen molar-refractivity contribution in [3.8, 4) is 0 Å². The number of hydrogen-bond acceptors (Lipinski definition) is 6. The lowest BCUT2D eigenvalue weighted by atomic mass is 10.2. The summed E-state index contributed by atoms with van der Waals surface area (Å²) in [5.41, 5.74) is 0.443.